The summed E-state index contributed by atoms with van der Waals surface area (Å²) < 4.78 is 5.89. The van der Waals surface area contributed by atoms with Crippen molar-refractivity contribution in [1.29, 1.82) is 0 Å². The van der Waals surface area contributed by atoms with Crippen LogP contribution in [0.1, 0.15) is 70.6 Å². The monoisotopic (exact) mass is 433 g/mol. The predicted molar refractivity (Wildman–Crippen MR) is 120 cm³/mol. The van der Waals surface area contributed by atoms with Gasteiger partial charge in [-0.1, -0.05) is 32.1 Å². The van der Waals surface area contributed by atoms with Gasteiger partial charge < -0.3 is 20.1 Å². The highest BCUT2D eigenvalue weighted by atomic mass is 16.5. The number of ether oxygens (including phenoxy) is 1. The van der Waals surface area contributed by atoms with Gasteiger partial charge >= 0.3 is 5.97 Å². The molecular weight excluding hydrogens is 390 g/mol. The molecule has 0 amide bonds. The number of piperidine rings is 1. The molecule has 5 aliphatic rings. The van der Waals surface area contributed by atoms with Crippen molar-refractivity contribution in [2.24, 2.45) is 23.7 Å². The molecule has 0 spiro atoms. The van der Waals surface area contributed by atoms with Crippen molar-refractivity contribution in [3.8, 4) is 0 Å². The molecule has 0 radical (unpaired) electrons. The zero-order valence-electron chi connectivity index (χ0n) is 19.2. The minimum Gasteiger partial charge on any atom is -0.462 e. The molecule has 0 bridgehead atoms. The van der Waals surface area contributed by atoms with Crippen molar-refractivity contribution in [2.45, 2.75) is 89.0 Å². The minimum atomic E-state index is -0.210. The van der Waals surface area contributed by atoms with E-state index < -0.39 is 0 Å². The third-order valence-electron chi connectivity index (χ3n) is 9.19. The van der Waals surface area contributed by atoms with Gasteiger partial charge in [-0.25, -0.2) is 0 Å². The maximum absolute atomic E-state index is 12.5. The molecule has 2 saturated carbocycles. The van der Waals surface area contributed by atoms with E-state index in [1.165, 1.54) is 51.4 Å². The molecule has 0 aromatic rings. The molecule has 6 unspecified atom stereocenters. The molecule has 3 heterocycles. The van der Waals surface area contributed by atoms with Crippen LogP contribution in [0.15, 0.2) is 0 Å². The van der Waals surface area contributed by atoms with Gasteiger partial charge in [-0.3, -0.25) is 9.69 Å². The number of piperazine rings is 1. The number of rotatable bonds is 4. The summed E-state index contributed by atoms with van der Waals surface area (Å²) in [6.07, 6.45) is 13.0. The van der Waals surface area contributed by atoms with Crippen LogP contribution in [-0.4, -0.2) is 78.5 Å². The molecule has 176 valence electrons. The van der Waals surface area contributed by atoms with Crippen molar-refractivity contribution in [1.82, 2.24) is 15.1 Å². The summed E-state index contributed by atoms with van der Waals surface area (Å²) in [6.45, 7) is 6.57. The molecule has 6 heteroatoms. The minimum absolute atomic E-state index is 0.00456. The van der Waals surface area contributed by atoms with E-state index in [4.69, 9.17) is 4.74 Å². The SMILES string of the molecule is O=C1CC(CN2CCN(C3CCCCN3)CC2)C2CC(O)C(C3CCCCC3)CC2O1. The average Bonchev–Trinajstić information content (AvgIpc) is 2.81. The number of hydrogen-bond acceptors (Lipinski definition) is 6. The number of aliphatic hydroxyl groups is 1. The Bertz CT molecular complexity index is 597. The maximum Gasteiger partial charge on any atom is 0.306 e. The second kappa shape index (κ2) is 10.1. The van der Waals surface area contributed by atoms with Crippen LogP contribution in [0, 0.1) is 23.7 Å². The van der Waals surface area contributed by atoms with E-state index in [-0.39, 0.29) is 18.2 Å². The van der Waals surface area contributed by atoms with Gasteiger partial charge in [0.05, 0.1) is 12.3 Å². The van der Waals surface area contributed by atoms with Crippen LogP contribution in [0.4, 0.5) is 0 Å². The Labute approximate surface area is 188 Å². The van der Waals surface area contributed by atoms with E-state index in [0.29, 0.717) is 36.3 Å². The summed E-state index contributed by atoms with van der Waals surface area (Å²) in [4.78, 5) is 17.7. The van der Waals surface area contributed by atoms with Gasteiger partial charge in [0, 0.05) is 45.1 Å². The topological polar surface area (TPSA) is 65.0 Å². The number of aliphatic hydroxyl groups excluding tert-OH is 1. The standard InChI is InChI=1S/C25H43N3O3/c29-22-15-21-19(17-27-10-12-28(13-11-27)24-8-4-5-9-26-24)14-25(30)31-23(21)16-20(22)18-6-2-1-3-7-18/h18-24,26,29H,1-17H2. The summed E-state index contributed by atoms with van der Waals surface area (Å²) in [5.41, 5.74) is 0. The zero-order chi connectivity index (χ0) is 21.2. The molecule has 2 N–H and O–H groups in total. The van der Waals surface area contributed by atoms with Crippen molar-refractivity contribution < 1.29 is 14.6 Å². The number of nitrogens with one attached hydrogen (secondary N) is 1. The quantitative estimate of drug-likeness (QED) is 0.665. The first-order valence-electron chi connectivity index (χ1n) is 13.2. The number of carbonyl (C=O) groups is 1. The van der Waals surface area contributed by atoms with Gasteiger partial charge in [0.1, 0.15) is 6.10 Å². The van der Waals surface area contributed by atoms with Crippen molar-refractivity contribution in [2.75, 3.05) is 39.3 Å². The fraction of sp³-hybridized carbons (Fsp3) is 0.960. The lowest BCUT2D eigenvalue weighted by atomic mass is 9.64. The lowest BCUT2D eigenvalue weighted by molar-refractivity contribution is -0.177. The van der Waals surface area contributed by atoms with Crippen LogP contribution < -0.4 is 5.32 Å². The summed E-state index contributed by atoms with van der Waals surface area (Å²) in [6, 6.07) is 0. The van der Waals surface area contributed by atoms with Crippen LogP contribution in [0.2, 0.25) is 0 Å². The van der Waals surface area contributed by atoms with Gasteiger partial charge in [-0.2, -0.15) is 0 Å². The molecule has 5 fully saturated rings. The molecule has 3 saturated heterocycles. The van der Waals surface area contributed by atoms with Crippen LogP contribution in [0.5, 0.6) is 0 Å². The smallest absolute Gasteiger partial charge is 0.306 e. The highest BCUT2D eigenvalue weighted by molar-refractivity contribution is 5.71. The Morgan fingerprint density at radius 2 is 1.71 bits per heavy atom. The molecule has 6 nitrogen and oxygen atoms in total. The molecule has 31 heavy (non-hydrogen) atoms. The summed E-state index contributed by atoms with van der Waals surface area (Å²) in [5, 5.41) is 14.7. The normalized spacial score (nSPS) is 41.5. The van der Waals surface area contributed by atoms with E-state index in [1.54, 1.807) is 0 Å². The van der Waals surface area contributed by atoms with E-state index in [0.717, 1.165) is 52.1 Å². The third-order valence-corrected chi connectivity index (χ3v) is 9.19. The number of hydrogen-bond donors (Lipinski definition) is 2. The fourth-order valence-corrected chi connectivity index (χ4v) is 7.42. The van der Waals surface area contributed by atoms with Crippen molar-refractivity contribution >= 4 is 5.97 Å². The van der Waals surface area contributed by atoms with Crippen LogP contribution in [0.3, 0.4) is 0 Å². The van der Waals surface area contributed by atoms with E-state index in [2.05, 4.69) is 15.1 Å². The Morgan fingerprint density at radius 3 is 2.45 bits per heavy atom. The number of carbonyl (C=O) groups excluding carboxylic acids is 1. The predicted octanol–water partition coefficient (Wildman–Crippen LogP) is 2.60. The fourth-order valence-electron chi connectivity index (χ4n) is 7.42. The van der Waals surface area contributed by atoms with E-state index >= 15 is 0 Å². The molecule has 0 aromatic carbocycles. The van der Waals surface area contributed by atoms with E-state index in [9.17, 15) is 9.90 Å². The second-order valence-electron chi connectivity index (χ2n) is 11.1. The molecule has 6 atom stereocenters. The number of esters is 1. The first-order valence-corrected chi connectivity index (χ1v) is 13.2. The average molecular weight is 434 g/mol. The molecule has 3 aliphatic heterocycles. The van der Waals surface area contributed by atoms with Crippen molar-refractivity contribution in [3.63, 3.8) is 0 Å². The molecular formula is C25H43N3O3. The molecule has 0 aromatic heterocycles. The van der Waals surface area contributed by atoms with Gasteiger partial charge in [0.15, 0.2) is 0 Å². The lowest BCUT2D eigenvalue weighted by Crippen LogP contribution is -2.57. The molecule has 2 aliphatic carbocycles. The number of nitrogens with zero attached hydrogens (tertiary/aromatic N) is 2. The van der Waals surface area contributed by atoms with Crippen molar-refractivity contribution in [3.05, 3.63) is 0 Å². The molecule has 5 rings (SSSR count). The van der Waals surface area contributed by atoms with Crippen LogP contribution in [0.25, 0.3) is 0 Å². The van der Waals surface area contributed by atoms with Crippen LogP contribution in [-0.2, 0) is 9.53 Å². The largest absolute Gasteiger partial charge is 0.462 e. The highest BCUT2D eigenvalue weighted by Crippen LogP contribution is 2.45. The lowest BCUT2D eigenvalue weighted by Gasteiger charge is -2.49. The maximum atomic E-state index is 12.5. The van der Waals surface area contributed by atoms with Gasteiger partial charge in [0.25, 0.3) is 0 Å². The zero-order valence-corrected chi connectivity index (χ0v) is 19.2. The van der Waals surface area contributed by atoms with Gasteiger partial charge in [0.2, 0.25) is 0 Å². The van der Waals surface area contributed by atoms with Gasteiger partial charge in [-0.15, -0.1) is 0 Å². The summed E-state index contributed by atoms with van der Waals surface area (Å²) >= 11 is 0. The Kier molecular flexibility index (Phi) is 7.18. The van der Waals surface area contributed by atoms with Crippen LogP contribution >= 0.6 is 0 Å². The first-order chi connectivity index (χ1) is 15.2. The summed E-state index contributed by atoms with van der Waals surface area (Å²) in [5.74, 6) is 1.64. The number of fused-ring (bicyclic) bond motifs is 1. The first kappa shape index (κ1) is 22.1. The second-order valence-corrected chi connectivity index (χ2v) is 11.1. The Morgan fingerprint density at radius 1 is 0.935 bits per heavy atom. The Balaban J connectivity index is 1.16. The van der Waals surface area contributed by atoms with Gasteiger partial charge in [-0.05, 0) is 56.4 Å². The Hall–Kier alpha value is -0.690. The third kappa shape index (κ3) is 5.13. The summed E-state index contributed by atoms with van der Waals surface area (Å²) in [7, 11) is 0. The van der Waals surface area contributed by atoms with E-state index in [1.807, 2.05) is 0 Å². The highest BCUT2D eigenvalue weighted by Gasteiger charge is 2.47.